The predicted molar refractivity (Wildman–Crippen MR) is 183 cm³/mol. The van der Waals surface area contributed by atoms with Crippen LogP contribution in [0.3, 0.4) is 0 Å². The van der Waals surface area contributed by atoms with Gasteiger partial charge in [0.2, 0.25) is 0 Å². The van der Waals surface area contributed by atoms with E-state index in [4.69, 9.17) is 0 Å². The normalized spacial score (nSPS) is 17.2. The first-order valence-corrected chi connectivity index (χ1v) is 18.4. The highest BCUT2D eigenvalue weighted by atomic mass is 31.2. The molecule has 44 heavy (non-hydrogen) atoms. The number of hydrogen-bond donors (Lipinski definition) is 0. The van der Waals surface area contributed by atoms with E-state index in [0.717, 1.165) is 54.1 Å². The summed E-state index contributed by atoms with van der Waals surface area (Å²) >= 11 is 0. The summed E-state index contributed by atoms with van der Waals surface area (Å²) in [4.78, 5) is 0. The number of benzene rings is 6. The van der Waals surface area contributed by atoms with Crippen LogP contribution in [0, 0.1) is 0 Å². The maximum absolute atomic E-state index is 16.5. The Kier molecular flexibility index (Phi) is 6.53. The molecule has 0 aromatic heterocycles. The summed E-state index contributed by atoms with van der Waals surface area (Å²) in [7, 11) is -7.08. The van der Waals surface area contributed by atoms with Crippen molar-refractivity contribution in [2.45, 2.75) is 11.8 Å². The Balaban J connectivity index is 1.60. The average Bonchev–Trinajstić information content (AvgIpc) is 3.12. The Morgan fingerprint density at radius 2 is 0.500 bits per heavy atom. The zero-order chi connectivity index (χ0) is 29.7. The van der Waals surface area contributed by atoms with Crippen molar-refractivity contribution in [1.82, 2.24) is 0 Å². The third kappa shape index (κ3) is 3.88. The lowest BCUT2D eigenvalue weighted by Crippen LogP contribution is -2.34. The molecule has 0 saturated heterocycles. The summed E-state index contributed by atoms with van der Waals surface area (Å²) in [6.07, 6.45) is 0. The van der Waals surface area contributed by atoms with E-state index >= 15 is 9.13 Å². The van der Waals surface area contributed by atoms with Crippen molar-refractivity contribution in [2.24, 2.45) is 0 Å². The quantitative estimate of drug-likeness (QED) is 0.179. The number of rotatable bonds is 6. The molecular weight excluding hydrogens is 574 g/mol. The second kappa shape index (κ2) is 10.6. The van der Waals surface area contributed by atoms with E-state index in [0.29, 0.717) is 0 Å². The third-order valence-corrected chi connectivity index (χ3v) is 15.8. The monoisotopic (exact) mass is 604 g/mol. The molecule has 2 nitrogen and oxygen atoms in total. The SMILES string of the molecule is O=P(C1=C(P(=O)(c2ccccc2)c2ccccc2)C2c3ccccc3C1c1ccccc12)(c1ccccc1)c1ccccc1. The van der Waals surface area contributed by atoms with Crippen molar-refractivity contribution < 1.29 is 9.13 Å². The Morgan fingerprint density at radius 3 is 0.727 bits per heavy atom. The van der Waals surface area contributed by atoms with Gasteiger partial charge in [0.05, 0.1) is 0 Å². The van der Waals surface area contributed by atoms with Gasteiger partial charge < -0.3 is 9.13 Å². The van der Waals surface area contributed by atoms with Crippen LogP contribution in [0.25, 0.3) is 0 Å². The van der Waals surface area contributed by atoms with E-state index < -0.39 is 14.3 Å². The van der Waals surface area contributed by atoms with E-state index in [1.54, 1.807) is 0 Å². The van der Waals surface area contributed by atoms with Gasteiger partial charge in [0.1, 0.15) is 0 Å². The largest absolute Gasteiger partial charge is 0.309 e. The molecule has 212 valence electrons. The zero-order valence-electron chi connectivity index (χ0n) is 24.0. The summed E-state index contributed by atoms with van der Waals surface area (Å²) in [5.74, 6) is -0.621. The molecule has 0 spiro atoms. The molecule has 0 saturated carbocycles. The summed E-state index contributed by atoms with van der Waals surface area (Å²) in [5, 5.41) is 4.63. The molecule has 0 unspecified atom stereocenters. The van der Waals surface area contributed by atoms with Crippen LogP contribution >= 0.6 is 14.3 Å². The van der Waals surface area contributed by atoms with E-state index in [-0.39, 0.29) is 11.8 Å². The molecule has 0 atom stereocenters. The van der Waals surface area contributed by atoms with Gasteiger partial charge in [-0.1, -0.05) is 170 Å². The number of hydrogen-bond acceptors (Lipinski definition) is 2. The average molecular weight is 605 g/mol. The van der Waals surface area contributed by atoms with E-state index in [1.165, 1.54) is 0 Å². The van der Waals surface area contributed by atoms with Crippen LogP contribution in [0.4, 0.5) is 0 Å². The van der Waals surface area contributed by atoms with Crippen LogP contribution in [-0.2, 0) is 9.13 Å². The minimum absolute atomic E-state index is 0.311. The van der Waals surface area contributed by atoms with Crippen LogP contribution in [-0.4, -0.2) is 0 Å². The van der Waals surface area contributed by atoms with E-state index in [9.17, 15) is 0 Å². The third-order valence-electron chi connectivity index (χ3n) is 9.20. The second-order valence-electron chi connectivity index (χ2n) is 11.5. The van der Waals surface area contributed by atoms with Gasteiger partial charge in [-0.25, -0.2) is 0 Å². The van der Waals surface area contributed by atoms with Crippen molar-refractivity contribution in [2.75, 3.05) is 0 Å². The zero-order valence-corrected chi connectivity index (χ0v) is 25.8. The Hall–Kier alpha value is -4.48. The van der Waals surface area contributed by atoms with Crippen LogP contribution < -0.4 is 21.2 Å². The highest BCUT2D eigenvalue weighted by Gasteiger charge is 2.54. The minimum Gasteiger partial charge on any atom is -0.309 e. The maximum atomic E-state index is 16.5. The van der Waals surface area contributed by atoms with Crippen molar-refractivity contribution in [3.63, 3.8) is 0 Å². The second-order valence-corrected chi connectivity index (χ2v) is 16.9. The van der Waals surface area contributed by atoms with Gasteiger partial charge >= 0.3 is 0 Å². The van der Waals surface area contributed by atoms with Crippen molar-refractivity contribution in [1.29, 1.82) is 0 Å². The number of allylic oxidation sites excluding steroid dienone is 2. The molecule has 0 heterocycles. The molecule has 0 radical (unpaired) electrons. The van der Waals surface area contributed by atoms with Crippen molar-refractivity contribution in [3.8, 4) is 0 Å². The van der Waals surface area contributed by atoms with Gasteiger partial charge in [-0.2, -0.15) is 0 Å². The lowest BCUT2D eigenvalue weighted by molar-refractivity contribution is 0.581. The maximum Gasteiger partial charge on any atom is 0.168 e. The van der Waals surface area contributed by atoms with Crippen LogP contribution in [0.15, 0.2) is 180 Å². The minimum atomic E-state index is -3.54. The fraction of sp³-hybridized carbons (Fsp3) is 0.0500. The molecule has 4 heteroatoms. The Morgan fingerprint density at radius 1 is 0.295 bits per heavy atom. The summed E-state index contributed by atoms with van der Waals surface area (Å²) in [6.45, 7) is 0. The highest BCUT2D eigenvalue weighted by molar-refractivity contribution is 7.86. The molecule has 0 aliphatic heterocycles. The molecule has 0 N–H and O–H groups in total. The fourth-order valence-electron chi connectivity index (χ4n) is 7.39. The standard InChI is InChI=1S/C40H30O2P2/c41-43(29-17-5-1-6-18-29,30-19-7-2-8-20-30)39-37-33-25-13-15-27-35(33)38(36-28-16-14-26-34(36)37)40(39)44(42,31-21-9-3-10-22-31)32-23-11-4-12-24-32/h1-28,37-38H. The molecule has 3 aliphatic rings. The Labute approximate surface area is 258 Å². The topological polar surface area (TPSA) is 34.1 Å². The van der Waals surface area contributed by atoms with Gasteiger partial charge in [-0.05, 0) is 22.3 Å². The smallest absolute Gasteiger partial charge is 0.168 e. The lowest BCUT2D eigenvalue weighted by atomic mass is 9.67. The molecule has 9 rings (SSSR count). The Bertz CT molecular complexity index is 1830. The highest BCUT2D eigenvalue weighted by Crippen LogP contribution is 2.74. The van der Waals surface area contributed by atoms with Gasteiger partial charge in [-0.3, -0.25) is 0 Å². The molecular formula is C40H30O2P2. The van der Waals surface area contributed by atoms with Crippen molar-refractivity contribution in [3.05, 3.63) is 203 Å². The first kappa shape index (κ1) is 27.1. The first-order chi connectivity index (χ1) is 21.6. The molecule has 6 aromatic rings. The van der Waals surface area contributed by atoms with Gasteiger partial charge in [0, 0.05) is 43.7 Å². The van der Waals surface area contributed by atoms with E-state index in [1.807, 2.05) is 121 Å². The van der Waals surface area contributed by atoms with E-state index in [2.05, 4.69) is 48.5 Å². The molecule has 0 amide bonds. The molecule has 2 bridgehead atoms. The van der Waals surface area contributed by atoms with Crippen LogP contribution in [0.5, 0.6) is 0 Å². The molecule has 3 aliphatic carbocycles. The van der Waals surface area contributed by atoms with Gasteiger partial charge in [0.25, 0.3) is 0 Å². The lowest BCUT2D eigenvalue weighted by Gasteiger charge is -2.47. The summed E-state index contributed by atoms with van der Waals surface area (Å²) in [6, 6.07) is 56.4. The van der Waals surface area contributed by atoms with Gasteiger partial charge in [0.15, 0.2) is 14.3 Å². The molecule has 0 fully saturated rings. The van der Waals surface area contributed by atoms with Crippen molar-refractivity contribution >= 4 is 35.5 Å². The van der Waals surface area contributed by atoms with Crippen LogP contribution in [0.2, 0.25) is 0 Å². The molecule has 6 aromatic carbocycles. The predicted octanol–water partition coefficient (Wildman–Crippen LogP) is 8.52. The summed E-state index contributed by atoms with van der Waals surface area (Å²) in [5.41, 5.74) is 4.59. The summed E-state index contributed by atoms with van der Waals surface area (Å²) < 4.78 is 33.0. The first-order valence-electron chi connectivity index (χ1n) is 15.0. The van der Waals surface area contributed by atoms with Crippen LogP contribution in [0.1, 0.15) is 34.1 Å². The van der Waals surface area contributed by atoms with Gasteiger partial charge in [-0.15, -0.1) is 0 Å². The fourth-order valence-corrected chi connectivity index (χ4v) is 14.5.